The number of pyridine rings is 2. The fraction of sp³-hybridized carbons (Fsp3) is 0.368. The van der Waals surface area contributed by atoms with E-state index in [-0.39, 0.29) is 35.9 Å². The second kappa shape index (κ2) is 8.42. The van der Waals surface area contributed by atoms with Gasteiger partial charge in [-0.2, -0.15) is 0 Å². The average molecular weight is 427 g/mol. The molecule has 0 radical (unpaired) electrons. The zero-order valence-corrected chi connectivity index (χ0v) is 15.6. The molecular formula is C19H18F5N5O. The van der Waals surface area contributed by atoms with Gasteiger partial charge in [-0.05, 0) is 19.0 Å². The Balaban J connectivity index is 1.65. The van der Waals surface area contributed by atoms with Crippen LogP contribution in [0.2, 0.25) is 0 Å². The lowest BCUT2D eigenvalue weighted by molar-refractivity contribution is 0.0819. The number of hydrogen-bond acceptors (Lipinski definition) is 5. The molecule has 2 atom stereocenters. The molecule has 0 amide bonds. The highest BCUT2D eigenvalue weighted by Gasteiger charge is 2.26. The highest BCUT2D eigenvalue weighted by Crippen LogP contribution is 2.28. The standard InChI is InChI=1S/C19H18F5N5O/c20-11-1-3-25-7-14(11)27-19-13(22)6-12(21)18(28-19)15-8-26-17-5-10(2-4-29(15)17)30-9-16(23)24/h2,4-6,8,11,14,16,25H,1,3,7,9H2,(H,27,28). The van der Waals surface area contributed by atoms with Gasteiger partial charge in [-0.15, -0.1) is 0 Å². The first-order valence-electron chi connectivity index (χ1n) is 9.28. The van der Waals surface area contributed by atoms with Crippen molar-refractivity contribution in [2.45, 2.75) is 25.1 Å². The fourth-order valence-electron chi connectivity index (χ4n) is 3.28. The Kier molecular flexibility index (Phi) is 5.71. The Morgan fingerprint density at radius 1 is 1.27 bits per heavy atom. The minimum absolute atomic E-state index is 0.175. The molecule has 160 valence electrons. The maximum Gasteiger partial charge on any atom is 0.272 e. The molecule has 0 aliphatic carbocycles. The zero-order chi connectivity index (χ0) is 21.3. The normalized spacial score (nSPS) is 19.4. The molecule has 0 saturated carbocycles. The summed E-state index contributed by atoms with van der Waals surface area (Å²) >= 11 is 0. The number of rotatable bonds is 6. The Bertz CT molecular complexity index is 1040. The first kappa shape index (κ1) is 20.3. The molecule has 1 fully saturated rings. The number of piperidine rings is 1. The smallest absolute Gasteiger partial charge is 0.272 e. The van der Waals surface area contributed by atoms with E-state index in [1.54, 1.807) is 0 Å². The number of nitrogens with one attached hydrogen (secondary N) is 2. The van der Waals surface area contributed by atoms with E-state index >= 15 is 0 Å². The molecule has 11 heteroatoms. The Morgan fingerprint density at radius 3 is 2.87 bits per heavy atom. The van der Waals surface area contributed by atoms with Gasteiger partial charge in [-0.25, -0.2) is 31.9 Å². The quantitative estimate of drug-likeness (QED) is 0.591. The van der Waals surface area contributed by atoms with Gasteiger partial charge >= 0.3 is 0 Å². The van der Waals surface area contributed by atoms with Crippen LogP contribution in [0, 0.1) is 11.6 Å². The van der Waals surface area contributed by atoms with Crippen molar-refractivity contribution in [2.24, 2.45) is 0 Å². The number of fused-ring (bicyclic) bond motifs is 1. The lowest BCUT2D eigenvalue weighted by atomic mass is 10.1. The van der Waals surface area contributed by atoms with Crippen molar-refractivity contribution in [3.8, 4) is 17.1 Å². The maximum atomic E-state index is 14.5. The third-order valence-electron chi connectivity index (χ3n) is 4.75. The first-order chi connectivity index (χ1) is 14.4. The van der Waals surface area contributed by atoms with Crippen LogP contribution in [-0.2, 0) is 0 Å². The number of ether oxygens (including phenoxy) is 1. The largest absolute Gasteiger partial charge is 0.487 e. The molecule has 3 aromatic rings. The topological polar surface area (TPSA) is 63.5 Å². The molecule has 4 rings (SSSR count). The lowest BCUT2D eigenvalue weighted by Crippen LogP contribution is -2.46. The van der Waals surface area contributed by atoms with Crippen LogP contribution in [0.1, 0.15) is 6.42 Å². The van der Waals surface area contributed by atoms with E-state index in [4.69, 9.17) is 4.74 Å². The number of anilines is 1. The highest BCUT2D eigenvalue weighted by atomic mass is 19.3. The highest BCUT2D eigenvalue weighted by molar-refractivity contribution is 5.63. The van der Waals surface area contributed by atoms with Gasteiger partial charge in [0.25, 0.3) is 6.43 Å². The van der Waals surface area contributed by atoms with Crippen LogP contribution in [0.15, 0.2) is 30.6 Å². The summed E-state index contributed by atoms with van der Waals surface area (Å²) in [5.74, 6) is -1.95. The molecule has 2 N–H and O–H groups in total. The van der Waals surface area contributed by atoms with Crippen LogP contribution in [0.25, 0.3) is 17.0 Å². The Hall–Kier alpha value is -2.95. The van der Waals surface area contributed by atoms with E-state index in [2.05, 4.69) is 20.6 Å². The summed E-state index contributed by atoms with van der Waals surface area (Å²) in [5, 5.41) is 5.71. The van der Waals surface area contributed by atoms with Crippen molar-refractivity contribution in [1.29, 1.82) is 0 Å². The minimum atomic E-state index is -2.62. The van der Waals surface area contributed by atoms with E-state index in [1.807, 2.05) is 0 Å². The van der Waals surface area contributed by atoms with Gasteiger partial charge in [0.05, 0.1) is 17.9 Å². The molecule has 0 aromatic carbocycles. The van der Waals surface area contributed by atoms with E-state index in [0.29, 0.717) is 18.3 Å². The molecule has 30 heavy (non-hydrogen) atoms. The lowest BCUT2D eigenvalue weighted by Gasteiger charge is -2.28. The van der Waals surface area contributed by atoms with E-state index < -0.39 is 36.9 Å². The van der Waals surface area contributed by atoms with E-state index in [9.17, 15) is 22.0 Å². The zero-order valence-electron chi connectivity index (χ0n) is 15.6. The van der Waals surface area contributed by atoms with Gasteiger partial charge in [0.2, 0.25) is 0 Å². The van der Waals surface area contributed by atoms with E-state index in [0.717, 1.165) is 0 Å². The summed E-state index contributed by atoms with van der Waals surface area (Å²) < 4.78 is 73.9. The van der Waals surface area contributed by atoms with Gasteiger partial charge in [0.1, 0.15) is 29.9 Å². The predicted octanol–water partition coefficient (Wildman–Crippen LogP) is 3.43. The van der Waals surface area contributed by atoms with Gasteiger partial charge < -0.3 is 15.4 Å². The summed E-state index contributed by atoms with van der Waals surface area (Å²) in [7, 11) is 0. The van der Waals surface area contributed by atoms with Crippen molar-refractivity contribution >= 4 is 11.5 Å². The monoisotopic (exact) mass is 427 g/mol. The fourth-order valence-corrected chi connectivity index (χ4v) is 3.28. The van der Waals surface area contributed by atoms with Crippen LogP contribution in [0.5, 0.6) is 5.75 Å². The molecule has 4 heterocycles. The average Bonchev–Trinajstić information content (AvgIpc) is 3.13. The third-order valence-corrected chi connectivity index (χ3v) is 4.75. The SMILES string of the molecule is Fc1cc(F)c(-c2cnc3cc(OCC(F)F)ccn23)nc1NC1CNCCC1F. The number of halogens is 5. The summed E-state index contributed by atoms with van der Waals surface area (Å²) in [4.78, 5) is 8.14. The number of imidazole rings is 1. The molecule has 1 aliphatic heterocycles. The summed E-state index contributed by atoms with van der Waals surface area (Å²) in [5.41, 5.74) is 0.327. The van der Waals surface area contributed by atoms with Crippen LogP contribution >= 0.6 is 0 Å². The van der Waals surface area contributed by atoms with Crippen molar-refractivity contribution < 1.29 is 26.7 Å². The van der Waals surface area contributed by atoms with E-state index in [1.165, 1.54) is 28.9 Å². The molecule has 3 aromatic heterocycles. The maximum absolute atomic E-state index is 14.5. The molecule has 1 saturated heterocycles. The summed E-state index contributed by atoms with van der Waals surface area (Å²) in [6, 6.07) is 2.81. The second-order valence-electron chi connectivity index (χ2n) is 6.85. The number of nitrogens with zero attached hydrogens (tertiary/aromatic N) is 3. The van der Waals surface area contributed by atoms with Crippen molar-refractivity contribution in [3.05, 3.63) is 42.2 Å². The minimum Gasteiger partial charge on any atom is -0.487 e. The summed E-state index contributed by atoms with van der Waals surface area (Å²) in [6.07, 6.45) is -0.763. The molecule has 0 spiro atoms. The third kappa shape index (κ3) is 4.16. The molecule has 6 nitrogen and oxygen atoms in total. The van der Waals surface area contributed by atoms with Crippen LogP contribution in [0.3, 0.4) is 0 Å². The van der Waals surface area contributed by atoms with Crippen LogP contribution in [-0.4, -0.2) is 52.7 Å². The Morgan fingerprint density at radius 2 is 2.10 bits per heavy atom. The molecular weight excluding hydrogens is 409 g/mol. The van der Waals surface area contributed by atoms with Gasteiger partial charge in [0, 0.05) is 24.9 Å². The Labute approximate surface area is 168 Å². The van der Waals surface area contributed by atoms with Crippen LogP contribution in [0.4, 0.5) is 27.8 Å². The molecule has 0 bridgehead atoms. The van der Waals surface area contributed by atoms with Crippen molar-refractivity contribution in [1.82, 2.24) is 19.7 Å². The summed E-state index contributed by atoms with van der Waals surface area (Å²) in [6.45, 7) is 0.0409. The van der Waals surface area contributed by atoms with Crippen molar-refractivity contribution in [3.63, 3.8) is 0 Å². The van der Waals surface area contributed by atoms with Gasteiger partial charge in [-0.3, -0.25) is 4.40 Å². The number of alkyl halides is 3. The van der Waals surface area contributed by atoms with Crippen LogP contribution < -0.4 is 15.4 Å². The van der Waals surface area contributed by atoms with Gasteiger partial charge in [0.15, 0.2) is 17.5 Å². The van der Waals surface area contributed by atoms with Gasteiger partial charge in [-0.1, -0.05) is 0 Å². The second-order valence-corrected chi connectivity index (χ2v) is 6.85. The number of aromatic nitrogens is 3. The number of hydrogen-bond donors (Lipinski definition) is 2. The van der Waals surface area contributed by atoms with Crippen molar-refractivity contribution in [2.75, 3.05) is 25.0 Å². The molecule has 1 aliphatic rings. The molecule has 2 unspecified atom stereocenters. The predicted molar refractivity (Wildman–Crippen MR) is 99.6 cm³/mol. The first-order valence-corrected chi connectivity index (χ1v) is 9.28.